The molecule has 0 bridgehead atoms. The van der Waals surface area contributed by atoms with Gasteiger partial charge in [-0.05, 0) is 38.5 Å². The maximum Gasteiger partial charge on any atom is 0.331 e. The average molecular weight is 492 g/mol. The molecule has 9 nitrogen and oxygen atoms in total. The molecule has 3 aromatic rings. The van der Waals surface area contributed by atoms with Gasteiger partial charge in [0.05, 0.1) is 17.2 Å². The highest BCUT2D eigenvalue weighted by molar-refractivity contribution is 7.93. The van der Waals surface area contributed by atoms with Crippen LogP contribution in [0.1, 0.15) is 40.7 Å². The average Bonchev–Trinajstić information content (AvgIpc) is 3.16. The van der Waals surface area contributed by atoms with Crippen molar-refractivity contribution in [3.05, 3.63) is 76.3 Å². The van der Waals surface area contributed by atoms with Gasteiger partial charge < -0.3 is 16.2 Å². The fourth-order valence-corrected chi connectivity index (χ4v) is 5.89. The lowest BCUT2D eigenvalue weighted by Gasteiger charge is -2.27. The SMILES string of the molecule is CCOC(=O)C1C(c2ccc(C)cc2)c2c(nc(N)c(C#N)c2N)N1S(=O)(=O)c1ccc(C)cc1. The van der Waals surface area contributed by atoms with Gasteiger partial charge in [0.2, 0.25) is 0 Å². The number of rotatable bonds is 5. The van der Waals surface area contributed by atoms with Gasteiger partial charge in [-0.15, -0.1) is 0 Å². The summed E-state index contributed by atoms with van der Waals surface area (Å²) in [7, 11) is -4.31. The molecule has 0 aliphatic carbocycles. The van der Waals surface area contributed by atoms with Crippen molar-refractivity contribution in [3.8, 4) is 6.07 Å². The van der Waals surface area contributed by atoms with Gasteiger partial charge in [-0.25, -0.2) is 22.5 Å². The molecule has 0 fully saturated rings. The molecule has 0 saturated carbocycles. The zero-order valence-corrected chi connectivity index (χ0v) is 20.3. The molecule has 1 aliphatic heterocycles. The van der Waals surface area contributed by atoms with E-state index in [1.807, 2.05) is 32.0 Å². The van der Waals surface area contributed by atoms with E-state index in [9.17, 15) is 18.5 Å². The van der Waals surface area contributed by atoms with Crippen molar-refractivity contribution in [1.82, 2.24) is 4.98 Å². The molecule has 4 N–H and O–H groups in total. The van der Waals surface area contributed by atoms with Crippen LogP contribution in [0.25, 0.3) is 0 Å². The van der Waals surface area contributed by atoms with Crippen molar-refractivity contribution in [2.24, 2.45) is 0 Å². The number of hydrogen-bond donors (Lipinski definition) is 2. The number of fused-ring (bicyclic) bond motifs is 1. The molecule has 2 atom stereocenters. The zero-order chi connectivity index (χ0) is 25.5. The number of nitrogen functional groups attached to an aromatic ring is 2. The fourth-order valence-electron chi connectivity index (χ4n) is 4.31. The predicted molar refractivity (Wildman–Crippen MR) is 132 cm³/mol. The van der Waals surface area contributed by atoms with Crippen LogP contribution < -0.4 is 15.8 Å². The van der Waals surface area contributed by atoms with E-state index in [-0.39, 0.29) is 40.0 Å². The van der Waals surface area contributed by atoms with Gasteiger partial charge in [-0.3, -0.25) is 0 Å². The highest BCUT2D eigenvalue weighted by Gasteiger charge is 2.52. The van der Waals surface area contributed by atoms with E-state index in [0.29, 0.717) is 5.56 Å². The number of pyridine rings is 1. The zero-order valence-electron chi connectivity index (χ0n) is 19.5. The number of esters is 1. The van der Waals surface area contributed by atoms with Gasteiger partial charge in [0.1, 0.15) is 17.5 Å². The summed E-state index contributed by atoms with van der Waals surface area (Å²) in [6, 6.07) is 14.1. The first kappa shape index (κ1) is 24.0. The van der Waals surface area contributed by atoms with Crippen LogP contribution in [0.5, 0.6) is 0 Å². The number of sulfonamides is 1. The Morgan fingerprint density at radius 2 is 1.66 bits per heavy atom. The quantitative estimate of drug-likeness (QED) is 0.517. The predicted octanol–water partition coefficient (Wildman–Crippen LogP) is 3.01. The monoisotopic (exact) mass is 491 g/mol. The third-order valence-electron chi connectivity index (χ3n) is 6.03. The maximum absolute atomic E-state index is 14.0. The summed E-state index contributed by atoms with van der Waals surface area (Å²) in [5, 5.41) is 9.64. The van der Waals surface area contributed by atoms with Crippen molar-refractivity contribution >= 4 is 33.3 Å². The number of ether oxygens (including phenoxy) is 1. The molecule has 1 aliphatic rings. The molecule has 2 aromatic carbocycles. The number of hydrogen-bond acceptors (Lipinski definition) is 8. The van der Waals surface area contributed by atoms with Gasteiger partial charge in [-0.2, -0.15) is 5.26 Å². The van der Waals surface area contributed by atoms with E-state index in [1.54, 1.807) is 31.2 Å². The second-order valence-corrected chi connectivity index (χ2v) is 10.1. The van der Waals surface area contributed by atoms with Crippen LogP contribution in [-0.2, 0) is 19.6 Å². The van der Waals surface area contributed by atoms with E-state index in [1.165, 1.54) is 12.1 Å². The molecular formula is C25H25N5O4S. The Labute approximate surface area is 204 Å². The van der Waals surface area contributed by atoms with Crippen LogP contribution >= 0.6 is 0 Å². The molecule has 1 aromatic heterocycles. The van der Waals surface area contributed by atoms with Crippen molar-refractivity contribution in [2.45, 2.75) is 37.6 Å². The molecule has 0 amide bonds. The lowest BCUT2D eigenvalue weighted by Crippen LogP contribution is -2.45. The highest BCUT2D eigenvalue weighted by atomic mass is 32.2. The molecule has 2 heterocycles. The summed E-state index contributed by atoms with van der Waals surface area (Å²) in [6.07, 6.45) is 0. The summed E-state index contributed by atoms with van der Waals surface area (Å²) in [5.41, 5.74) is 15.0. The molecule has 10 heteroatoms. The Morgan fingerprint density at radius 1 is 1.09 bits per heavy atom. The van der Waals surface area contributed by atoms with E-state index in [4.69, 9.17) is 16.2 Å². The van der Waals surface area contributed by atoms with Gasteiger partial charge in [-0.1, -0.05) is 47.5 Å². The molecule has 4 rings (SSSR count). The number of nitriles is 1. The van der Waals surface area contributed by atoms with Crippen molar-refractivity contribution in [1.29, 1.82) is 5.26 Å². The van der Waals surface area contributed by atoms with Crippen LogP contribution in [0.4, 0.5) is 17.3 Å². The molecule has 0 spiro atoms. The Balaban J connectivity index is 2.07. The molecule has 180 valence electrons. The first-order valence-electron chi connectivity index (χ1n) is 10.9. The van der Waals surface area contributed by atoms with Crippen LogP contribution in [0.3, 0.4) is 0 Å². The molecule has 35 heavy (non-hydrogen) atoms. The van der Waals surface area contributed by atoms with Crippen LogP contribution in [-0.4, -0.2) is 32.0 Å². The Hall–Kier alpha value is -4.10. The third kappa shape index (κ3) is 3.94. The summed E-state index contributed by atoms with van der Waals surface area (Å²) >= 11 is 0. The summed E-state index contributed by atoms with van der Waals surface area (Å²) in [4.78, 5) is 17.6. The van der Waals surface area contributed by atoms with E-state index in [2.05, 4.69) is 4.98 Å². The number of carbonyl (C=O) groups excluding carboxylic acids is 1. The van der Waals surface area contributed by atoms with E-state index < -0.39 is 28.0 Å². The first-order valence-corrected chi connectivity index (χ1v) is 12.4. The van der Waals surface area contributed by atoms with Gasteiger partial charge in [0, 0.05) is 11.5 Å². The standard InChI is InChI=1S/C25H25N5O4S/c1-4-34-25(31)22-19(16-9-5-14(2)6-10-16)20-21(27)18(13-26)23(28)29-24(20)30(22)35(32,33)17-11-7-15(3)8-12-17/h5-12,19,22H,4H2,1-3H3,(H4,27,28,29). The summed E-state index contributed by atoms with van der Waals surface area (Å²) in [5.74, 6) is -1.95. The Morgan fingerprint density at radius 3 is 2.20 bits per heavy atom. The molecular weight excluding hydrogens is 466 g/mol. The summed E-state index contributed by atoms with van der Waals surface area (Å²) < 4.78 is 34.2. The van der Waals surface area contributed by atoms with E-state index in [0.717, 1.165) is 15.4 Å². The van der Waals surface area contributed by atoms with Gasteiger partial charge in [0.15, 0.2) is 11.9 Å². The lowest BCUT2D eigenvalue weighted by atomic mass is 9.86. The maximum atomic E-state index is 14.0. The largest absolute Gasteiger partial charge is 0.464 e. The summed E-state index contributed by atoms with van der Waals surface area (Å²) in [6.45, 7) is 5.42. The molecule has 2 unspecified atom stereocenters. The normalized spacial score (nSPS) is 17.0. The minimum absolute atomic E-state index is 0.0171. The number of aryl methyl sites for hydroxylation is 2. The minimum atomic E-state index is -4.31. The number of aromatic nitrogens is 1. The molecule has 0 saturated heterocycles. The molecule has 0 radical (unpaired) electrons. The van der Waals surface area contributed by atoms with Crippen LogP contribution in [0.2, 0.25) is 0 Å². The number of carbonyl (C=O) groups is 1. The van der Waals surface area contributed by atoms with Crippen molar-refractivity contribution in [2.75, 3.05) is 22.4 Å². The van der Waals surface area contributed by atoms with Crippen LogP contribution in [0, 0.1) is 25.2 Å². The minimum Gasteiger partial charge on any atom is -0.464 e. The van der Waals surface area contributed by atoms with Gasteiger partial charge in [0.25, 0.3) is 10.0 Å². The topological polar surface area (TPSA) is 152 Å². The third-order valence-corrected chi connectivity index (χ3v) is 7.81. The first-order chi connectivity index (χ1) is 16.6. The fraction of sp³-hybridized carbons (Fsp3) is 0.240. The Bertz CT molecular complexity index is 1450. The second kappa shape index (κ2) is 8.92. The number of nitrogens with zero attached hydrogens (tertiary/aromatic N) is 3. The highest BCUT2D eigenvalue weighted by Crippen LogP contribution is 2.50. The smallest absolute Gasteiger partial charge is 0.331 e. The second-order valence-electron chi connectivity index (χ2n) is 8.33. The van der Waals surface area contributed by atoms with Crippen LogP contribution in [0.15, 0.2) is 53.4 Å². The van der Waals surface area contributed by atoms with Gasteiger partial charge >= 0.3 is 5.97 Å². The Kier molecular flexibility index (Phi) is 6.13. The number of anilines is 3. The van der Waals surface area contributed by atoms with Crippen molar-refractivity contribution in [3.63, 3.8) is 0 Å². The number of nitrogens with two attached hydrogens (primary N) is 2. The van der Waals surface area contributed by atoms with E-state index >= 15 is 0 Å². The van der Waals surface area contributed by atoms with Crippen molar-refractivity contribution < 1.29 is 17.9 Å². The lowest BCUT2D eigenvalue weighted by molar-refractivity contribution is -0.144. The number of benzene rings is 2.